The van der Waals surface area contributed by atoms with E-state index in [0.29, 0.717) is 11.1 Å². The molecule has 12 rings (SSSR count). The third-order valence-electron chi connectivity index (χ3n) is 13.7. The Labute approximate surface area is 429 Å². The predicted octanol–water partition coefficient (Wildman–Crippen LogP) is 17.6. The summed E-state index contributed by atoms with van der Waals surface area (Å²) >= 11 is 0. The van der Waals surface area contributed by atoms with E-state index in [1.54, 1.807) is 36.4 Å². The van der Waals surface area contributed by atoms with Crippen LogP contribution >= 0.6 is 0 Å². The number of aromatic amines is 3. The second-order valence-corrected chi connectivity index (χ2v) is 18.1. The van der Waals surface area contributed by atoms with Crippen molar-refractivity contribution < 1.29 is 48.7 Å². The van der Waals surface area contributed by atoms with E-state index in [1.807, 2.05) is 84.9 Å². The van der Waals surface area contributed by atoms with Gasteiger partial charge in [0.25, 0.3) is 0 Å². The fraction of sp³-hybridized carbons (Fsp3) is 0. The van der Waals surface area contributed by atoms with Gasteiger partial charge >= 0.3 is 0 Å². The number of aldehydes is 1. The highest BCUT2D eigenvalue weighted by Gasteiger charge is 2.31. The number of rotatable bonds is 8. The Morgan fingerprint density at radius 1 is 0.260 bits per heavy atom. The fourth-order valence-electron chi connectivity index (χ4n) is 9.78. The summed E-state index contributed by atoms with van der Waals surface area (Å²) in [5.41, 5.74) is 5.24. The molecule has 5 heterocycles. The largest absolute Gasteiger partial charge is 0.354 e. The number of carbonyl (C=O) groups excluding carboxylic acids is 1. The quantitative estimate of drug-likeness (QED) is 0.0614. The molecule has 4 aromatic heterocycles. The number of H-pyrrole nitrogens is 3. The first kappa shape index (κ1) is 48.2. The molecule has 0 unspecified atom stereocenters. The van der Waals surface area contributed by atoms with Crippen LogP contribution < -0.4 is 0 Å². The number of carbonyl (C=O) groups is 1. The van der Waals surface area contributed by atoms with Crippen molar-refractivity contribution in [2.24, 2.45) is 0 Å². The molecule has 15 heteroatoms. The molecule has 7 aromatic carbocycles. The summed E-state index contributed by atoms with van der Waals surface area (Å²) in [5, 5.41) is 0. The lowest BCUT2D eigenvalue weighted by molar-refractivity contribution is 0.112. The predicted molar refractivity (Wildman–Crippen MR) is 278 cm³/mol. The molecule has 0 radical (unpaired) electrons. The third-order valence-corrected chi connectivity index (χ3v) is 13.7. The van der Waals surface area contributed by atoms with E-state index in [9.17, 15) is 31.1 Å². The maximum absolute atomic E-state index is 15.9. The van der Waals surface area contributed by atoms with Gasteiger partial charge in [0.05, 0.1) is 33.5 Å². The number of aromatic nitrogens is 4. The first-order chi connectivity index (χ1) is 37.3. The Balaban J connectivity index is 0.970. The average Bonchev–Trinajstić information content (AvgIpc) is 4.44. The Morgan fingerprint density at radius 3 is 0.857 bits per heavy atom. The Kier molecular flexibility index (Phi) is 11.8. The third kappa shape index (κ3) is 8.23. The van der Waals surface area contributed by atoms with Crippen LogP contribution in [0.25, 0.3) is 123 Å². The zero-order chi connectivity index (χ0) is 53.4. The van der Waals surface area contributed by atoms with Gasteiger partial charge in [-0.3, -0.25) is 4.79 Å². The van der Waals surface area contributed by atoms with Crippen molar-refractivity contribution in [3.05, 3.63) is 233 Å². The molecule has 376 valence electrons. The number of hydrogen-bond donors (Lipinski definition) is 3. The monoisotopic (exact) mass is 1040 g/mol. The zero-order valence-corrected chi connectivity index (χ0v) is 39.4. The molecule has 0 saturated carbocycles. The van der Waals surface area contributed by atoms with Crippen molar-refractivity contribution in [2.45, 2.75) is 0 Å². The lowest BCUT2D eigenvalue weighted by Crippen LogP contribution is -2.05. The van der Waals surface area contributed by atoms with Crippen molar-refractivity contribution >= 4 is 51.5 Å². The van der Waals surface area contributed by atoms with Crippen LogP contribution in [0.2, 0.25) is 0 Å². The van der Waals surface area contributed by atoms with Gasteiger partial charge in [-0.2, -0.15) is 0 Å². The smallest absolute Gasteiger partial charge is 0.200 e. The van der Waals surface area contributed by atoms with E-state index in [1.165, 1.54) is 48.6 Å². The first-order valence-corrected chi connectivity index (χ1v) is 23.6. The van der Waals surface area contributed by atoms with E-state index < -0.39 is 80.4 Å². The van der Waals surface area contributed by atoms with Crippen molar-refractivity contribution in [2.75, 3.05) is 0 Å². The first-order valence-electron chi connectivity index (χ1n) is 23.6. The number of nitrogens with one attached hydrogen (secondary N) is 3. The standard InChI is InChI=1S/C62H32F10N4O/c63-53-51(54(64)58(68)61(71)57(53)67)49-44-23-21-40(73-44)41-22-24-45(74-41)50(52-55(65)59(69)62(72)60(70)56(52)66)47-28-26-43(76-47)48(42-25-27-46(49)75-42)39-19-17-38(18-20-39)37-15-13-36(14-16-37)35-11-9-34(10-12-35)33-7-5-32(6-8-33)31-3-1-30(29-77)2-4-31/h1-29,73-75H. The van der Waals surface area contributed by atoms with E-state index >= 15 is 17.6 Å². The minimum absolute atomic E-state index is 0.0816. The highest BCUT2D eigenvalue weighted by atomic mass is 19.2. The second-order valence-electron chi connectivity index (χ2n) is 18.1. The summed E-state index contributed by atoms with van der Waals surface area (Å²) in [6.07, 6.45) is 3.56. The molecule has 3 N–H and O–H groups in total. The van der Waals surface area contributed by atoms with Crippen LogP contribution in [0.15, 0.2) is 158 Å². The highest BCUT2D eigenvalue weighted by Crippen LogP contribution is 2.42. The number of halogens is 10. The van der Waals surface area contributed by atoms with Gasteiger partial charge in [0.1, 0.15) is 6.29 Å². The molecule has 1 aliphatic rings. The zero-order valence-electron chi connectivity index (χ0n) is 39.4. The van der Waals surface area contributed by atoms with Gasteiger partial charge in [0, 0.05) is 44.3 Å². The highest BCUT2D eigenvalue weighted by molar-refractivity contribution is 6.00. The van der Waals surface area contributed by atoms with Crippen LogP contribution in [0.4, 0.5) is 43.9 Å². The minimum atomic E-state index is -2.37. The van der Waals surface area contributed by atoms with E-state index in [2.05, 4.69) is 15.0 Å². The molecule has 0 amide bonds. The van der Waals surface area contributed by atoms with Crippen LogP contribution in [-0.4, -0.2) is 26.2 Å². The van der Waals surface area contributed by atoms with Crippen molar-refractivity contribution in [3.63, 3.8) is 0 Å². The number of hydrogen-bond acceptors (Lipinski definition) is 2. The van der Waals surface area contributed by atoms with Crippen LogP contribution in [-0.2, 0) is 0 Å². The van der Waals surface area contributed by atoms with E-state index in [-0.39, 0.29) is 50.1 Å². The average molecular weight is 1040 g/mol. The van der Waals surface area contributed by atoms with E-state index in [0.717, 1.165) is 50.8 Å². The molecule has 0 spiro atoms. The summed E-state index contributed by atoms with van der Waals surface area (Å²) in [7, 11) is 0. The molecule has 5 nitrogen and oxygen atoms in total. The van der Waals surface area contributed by atoms with Crippen molar-refractivity contribution in [3.8, 4) is 77.9 Å². The number of nitrogens with zero attached hydrogens (tertiary/aromatic N) is 1. The Hall–Kier alpha value is -9.76. The SMILES string of the molecule is O=Cc1ccc(-c2ccc(-c3ccc(-c4ccc(-c5ccc(-c6c7nc(c(-c8c(F)c(F)c(F)c(F)c8F)c8ccc([nH]8)c8ccc([nH]8)c(-c8c(F)c(F)c(F)c(F)c8F)c8ccc6[nH]8)C=C7)cc5)cc4)cc3)cc2)cc1. The van der Waals surface area contributed by atoms with Crippen molar-refractivity contribution in [1.29, 1.82) is 0 Å². The van der Waals surface area contributed by atoms with Crippen molar-refractivity contribution in [1.82, 2.24) is 19.9 Å². The summed E-state index contributed by atoms with van der Waals surface area (Å²) < 4.78 is 152. The van der Waals surface area contributed by atoms with Gasteiger partial charge in [0.15, 0.2) is 46.5 Å². The molecule has 1 aliphatic heterocycles. The molecule has 0 fully saturated rings. The molecule has 0 aliphatic carbocycles. The summed E-state index contributed by atoms with van der Waals surface area (Å²) in [6.45, 7) is 0. The summed E-state index contributed by atoms with van der Waals surface area (Å²) in [6, 6.07) is 46.8. The van der Waals surface area contributed by atoms with Gasteiger partial charge in [-0.25, -0.2) is 48.9 Å². The van der Waals surface area contributed by atoms with E-state index in [4.69, 9.17) is 4.98 Å². The van der Waals surface area contributed by atoms with Crippen LogP contribution in [0, 0.1) is 58.2 Å². The Bertz CT molecular complexity index is 4310. The van der Waals surface area contributed by atoms with Crippen LogP contribution in [0.5, 0.6) is 0 Å². The Morgan fingerprint density at radius 2 is 0.506 bits per heavy atom. The van der Waals surface area contributed by atoms with Gasteiger partial charge in [-0.15, -0.1) is 0 Å². The van der Waals surface area contributed by atoms with Gasteiger partial charge in [-0.1, -0.05) is 121 Å². The lowest BCUT2D eigenvalue weighted by Gasteiger charge is -2.10. The second kappa shape index (κ2) is 18.9. The summed E-state index contributed by atoms with van der Waals surface area (Å²) in [5.74, 6) is -22.0. The molecule has 11 aromatic rings. The topological polar surface area (TPSA) is 77.3 Å². The van der Waals surface area contributed by atoms with Gasteiger partial charge in [0.2, 0.25) is 11.6 Å². The minimum Gasteiger partial charge on any atom is -0.354 e. The van der Waals surface area contributed by atoms with Gasteiger partial charge in [-0.05, 0) is 98.6 Å². The fourth-order valence-corrected chi connectivity index (χ4v) is 9.78. The lowest BCUT2D eigenvalue weighted by atomic mass is 9.96. The molecular weight excluding hydrogens is 1010 g/mol. The number of benzene rings is 7. The molecular formula is C62H32F10N4O. The molecule has 0 atom stereocenters. The summed E-state index contributed by atoms with van der Waals surface area (Å²) in [4.78, 5) is 24.7. The van der Waals surface area contributed by atoms with Crippen LogP contribution in [0.3, 0.4) is 0 Å². The maximum Gasteiger partial charge on any atom is 0.200 e. The number of fused-ring (bicyclic) bond motifs is 9. The molecule has 77 heavy (non-hydrogen) atoms. The molecule has 0 saturated heterocycles. The van der Waals surface area contributed by atoms with Crippen LogP contribution in [0.1, 0.15) is 21.7 Å². The normalized spacial score (nSPS) is 11.8. The molecule has 8 bridgehead atoms. The maximum atomic E-state index is 15.9. The van der Waals surface area contributed by atoms with Gasteiger partial charge < -0.3 is 15.0 Å².